The van der Waals surface area contributed by atoms with Crippen LogP contribution in [0.5, 0.6) is 0 Å². The molecule has 0 amide bonds. The Morgan fingerprint density at radius 2 is 2.33 bits per heavy atom. The number of oxazole rings is 1. The van der Waals surface area contributed by atoms with Crippen LogP contribution in [0.3, 0.4) is 0 Å². The molecule has 96 valence electrons. The normalized spacial score (nSPS) is 19.7. The van der Waals surface area contributed by atoms with Crippen LogP contribution < -0.4 is 5.73 Å². The van der Waals surface area contributed by atoms with Crippen LogP contribution in [0.1, 0.15) is 25.2 Å². The van der Waals surface area contributed by atoms with E-state index in [1.54, 1.807) is 0 Å². The van der Waals surface area contributed by atoms with Gasteiger partial charge in [-0.2, -0.15) is 0 Å². The summed E-state index contributed by atoms with van der Waals surface area (Å²) in [5.74, 6) is 0.741. The van der Waals surface area contributed by atoms with Crippen molar-refractivity contribution in [1.29, 1.82) is 0 Å². The molecule has 0 radical (unpaired) electrons. The van der Waals surface area contributed by atoms with E-state index in [-0.39, 0.29) is 0 Å². The van der Waals surface area contributed by atoms with Crippen molar-refractivity contribution in [3.05, 3.63) is 22.5 Å². The molecular formula is C13H15BrN2O2. The fraction of sp³-hybridized carbons (Fsp3) is 0.462. The van der Waals surface area contributed by atoms with Crippen LogP contribution in [0, 0.1) is 0 Å². The first-order valence-electron chi connectivity index (χ1n) is 6.18. The molecule has 2 heterocycles. The van der Waals surface area contributed by atoms with E-state index in [1.807, 2.05) is 12.1 Å². The molecule has 1 aromatic heterocycles. The molecule has 1 unspecified atom stereocenters. The van der Waals surface area contributed by atoms with Crippen molar-refractivity contribution >= 4 is 32.7 Å². The predicted molar refractivity (Wildman–Crippen MR) is 73.4 cm³/mol. The molecule has 5 heteroatoms. The highest BCUT2D eigenvalue weighted by molar-refractivity contribution is 9.10. The van der Waals surface area contributed by atoms with E-state index in [0.29, 0.717) is 17.4 Å². The van der Waals surface area contributed by atoms with Gasteiger partial charge in [0.2, 0.25) is 0 Å². The molecule has 1 saturated heterocycles. The maximum absolute atomic E-state index is 5.90. The van der Waals surface area contributed by atoms with Gasteiger partial charge in [0.1, 0.15) is 5.52 Å². The van der Waals surface area contributed by atoms with Crippen LogP contribution in [0.4, 0.5) is 5.69 Å². The minimum Gasteiger partial charge on any atom is -0.439 e. The van der Waals surface area contributed by atoms with Gasteiger partial charge in [-0.1, -0.05) is 15.9 Å². The first-order chi connectivity index (χ1) is 8.72. The number of nitrogens with zero attached hydrogens (tertiary/aromatic N) is 1. The lowest BCUT2D eigenvalue weighted by Gasteiger charge is -2.05. The smallest absolute Gasteiger partial charge is 0.195 e. The number of rotatable bonds is 3. The second-order valence-corrected chi connectivity index (χ2v) is 5.54. The number of hydrogen-bond donors (Lipinski definition) is 1. The van der Waals surface area contributed by atoms with E-state index >= 15 is 0 Å². The molecule has 4 nitrogen and oxygen atoms in total. The Balaban J connectivity index is 1.78. The summed E-state index contributed by atoms with van der Waals surface area (Å²) in [5.41, 5.74) is 8.01. The monoisotopic (exact) mass is 310 g/mol. The molecule has 1 fully saturated rings. The van der Waals surface area contributed by atoms with E-state index in [9.17, 15) is 0 Å². The van der Waals surface area contributed by atoms with Crippen molar-refractivity contribution < 1.29 is 9.15 Å². The Bertz CT molecular complexity index is 561. The number of anilines is 1. The van der Waals surface area contributed by atoms with Crippen LogP contribution in [-0.2, 0) is 11.2 Å². The van der Waals surface area contributed by atoms with Gasteiger partial charge >= 0.3 is 0 Å². The molecule has 2 N–H and O–H groups in total. The molecule has 1 aliphatic heterocycles. The van der Waals surface area contributed by atoms with Gasteiger partial charge in [-0.3, -0.25) is 0 Å². The minimum atomic E-state index is 0.365. The van der Waals surface area contributed by atoms with Gasteiger partial charge in [0.25, 0.3) is 0 Å². The third-order valence-electron chi connectivity index (χ3n) is 3.23. The first kappa shape index (κ1) is 12.0. The maximum Gasteiger partial charge on any atom is 0.195 e. The fourth-order valence-corrected chi connectivity index (χ4v) is 2.80. The zero-order valence-electron chi connectivity index (χ0n) is 9.99. The molecule has 18 heavy (non-hydrogen) atoms. The Labute approximate surface area is 114 Å². The third-order valence-corrected chi connectivity index (χ3v) is 3.69. The lowest BCUT2D eigenvalue weighted by Crippen LogP contribution is -2.06. The highest BCUT2D eigenvalue weighted by atomic mass is 79.9. The topological polar surface area (TPSA) is 61.3 Å². The number of benzene rings is 1. The van der Waals surface area contributed by atoms with Crippen molar-refractivity contribution in [1.82, 2.24) is 4.98 Å². The molecule has 0 spiro atoms. The molecule has 3 rings (SSSR count). The summed E-state index contributed by atoms with van der Waals surface area (Å²) in [7, 11) is 0. The standard InChI is InChI=1S/C13H15BrN2O2/c14-8-6-10(15)13-11(7-8)16-12(18-13)4-3-9-2-1-5-17-9/h6-7,9H,1-5,15H2. The number of aryl methyl sites for hydroxylation is 1. The van der Waals surface area contributed by atoms with Gasteiger partial charge in [0, 0.05) is 17.5 Å². The van der Waals surface area contributed by atoms with Crippen LogP contribution in [0.15, 0.2) is 21.0 Å². The number of hydrogen-bond acceptors (Lipinski definition) is 4. The van der Waals surface area contributed by atoms with E-state index < -0.39 is 0 Å². The van der Waals surface area contributed by atoms with E-state index in [1.165, 1.54) is 0 Å². The van der Waals surface area contributed by atoms with Crippen LogP contribution in [0.25, 0.3) is 11.1 Å². The van der Waals surface area contributed by atoms with Gasteiger partial charge in [-0.25, -0.2) is 4.98 Å². The predicted octanol–water partition coefficient (Wildman–Crippen LogP) is 3.28. The van der Waals surface area contributed by atoms with E-state index in [4.69, 9.17) is 14.9 Å². The molecular weight excluding hydrogens is 296 g/mol. The SMILES string of the molecule is Nc1cc(Br)cc2nc(CCC3CCCO3)oc12. The molecule has 1 aromatic carbocycles. The molecule has 0 aliphatic carbocycles. The van der Waals surface area contributed by atoms with Crippen LogP contribution in [0.2, 0.25) is 0 Å². The number of ether oxygens (including phenoxy) is 1. The lowest BCUT2D eigenvalue weighted by molar-refractivity contribution is 0.103. The minimum absolute atomic E-state index is 0.365. The quantitative estimate of drug-likeness (QED) is 0.884. The Morgan fingerprint density at radius 1 is 1.44 bits per heavy atom. The number of fused-ring (bicyclic) bond motifs is 1. The average Bonchev–Trinajstić information content (AvgIpc) is 2.93. The van der Waals surface area contributed by atoms with Gasteiger partial charge < -0.3 is 14.9 Å². The van der Waals surface area contributed by atoms with Gasteiger partial charge in [0.05, 0.1) is 11.8 Å². The van der Waals surface area contributed by atoms with Crippen LogP contribution in [-0.4, -0.2) is 17.7 Å². The summed E-state index contributed by atoms with van der Waals surface area (Å²) in [5, 5.41) is 0. The molecule has 1 aliphatic rings. The zero-order valence-corrected chi connectivity index (χ0v) is 11.6. The number of nitrogens with two attached hydrogens (primary N) is 1. The molecule has 0 bridgehead atoms. The zero-order chi connectivity index (χ0) is 12.5. The number of aromatic nitrogens is 1. The summed E-state index contributed by atoms with van der Waals surface area (Å²) in [6.07, 6.45) is 4.44. The molecule has 0 saturated carbocycles. The van der Waals surface area contributed by atoms with Gasteiger partial charge in [0.15, 0.2) is 11.5 Å². The van der Waals surface area contributed by atoms with Gasteiger partial charge in [-0.05, 0) is 31.4 Å². The third kappa shape index (κ3) is 2.37. The first-order valence-corrected chi connectivity index (χ1v) is 6.98. The summed E-state index contributed by atoms with van der Waals surface area (Å²) < 4.78 is 12.2. The number of nitrogen functional groups attached to an aromatic ring is 1. The van der Waals surface area contributed by atoms with Crippen molar-refractivity contribution in [2.24, 2.45) is 0 Å². The molecule has 1 atom stereocenters. The van der Waals surface area contributed by atoms with Gasteiger partial charge in [-0.15, -0.1) is 0 Å². The summed E-state index contributed by atoms with van der Waals surface area (Å²) in [6, 6.07) is 3.75. The highest BCUT2D eigenvalue weighted by Crippen LogP contribution is 2.27. The Hall–Kier alpha value is -1.07. The van der Waals surface area contributed by atoms with Crippen molar-refractivity contribution in [3.63, 3.8) is 0 Å². The van der Waals surface area contributed by atoms with E-state index in [2.05, 4.69) is 20.9 Å². The Kier molecular flexibility index (Phi) is 3.26. The molecule has 2 aromatic rings. The van der Waals surface area contributed by atoms with E-state index in [0.717, 1.165) is 48.2 Å². The fourth-order valence-electron chi connectivity index (χ4n) is 2.33. The second-order valence-electron chi connectivity index (χ2n) is 4.62. The average molecular weight is 311 g/mol. The summed E-state index contributed by atoms with van der Waals surface area (Å²) >= 11 is 3.40. The second kappa shape index (κ2) is 4.90. The highest BCUT2D eigenvalue weighted by Gasteiger charge is 2.17. The van der Waals surface area contributed by atoms with Crippen molar-refractivity contribution in [3.8, 4) is 0 Å². The summed E-state index contributed by atoms with van der Waals surface area (Å²) in [4.78, 5) is 4.46. The lowest BCUT2D eigenvalue weighted by atomic mass is 10.1. The van der Waals surface area contributed by atoms with Crippen molar-refractivity contribution in [2.75, 3.05) is 12.3 Å². The Morgan fingerprint density at radius 3 is 3.11 bits per heavy atom. The summed E-state index contributed by atoms with van der Waals surface area (Å²) in [6.45, 7) is 0.887. The largest absolute Gasteiger partial charge is 0.439 e. The number of halogens is 1. The van der Waals surface area contributed by atoms with Crippen molar-refractivity contribution in [2.45, 2.75) is 31.8 Å². The maximum atomic E-state index is 5.90. The van der Waals surface area contributed by atoms with Crippen LogP contribution >= 0.6 is 15.9 Å².